The number of aryl methyl sites for hydroxylation is 4. The minimum absolute atomic E-state index is 0.0480. The molecule has 11 heteroatoms. The number of carbonyl (C=O) groups is 2. The third-order valence-electron chi connectivity index (χ3n) is 8.53. The van der Waals surface area contributed by atoms with Crippen molar-refractivity contribution in [2.45, 2.75) is 102 Å². The zero-order valence-electron chi connectivity index (χ0n) is 23.4. The maximum Gasteiger partial charge on any atom is 0.528 e. The fourth-order valence-corrected chi connectivity index (χ4v) is 6.42. The Kier molecular flexibility index (Phi) is 8.90. The second kappa shape index (κ2) is 12.6. The molecule has 40 heavy (non-hydrogen) atoms. The molecule has 2 fully saturated rings. The topological polar surface area (TPSA) is 139 Å². The molecule has 3 heterocycles. The summed E-state index contributed by atoms with van der Waals surface area (Å²) >= 11 is 0. The Labute approximate surface area is 234 Å². The van der Waals surface area contributed by atoms with Gasteiger partial charge in [-0.3, -0.25) is 9.48 Å². The molecule has 0 saturated heterocycles. The normalized spacial score (nSPS) is 24.6. The number of carboxylic acid groups (broad SMARTS) is 1. The number of nitrogens with one attached hydrogen (secondary N) is 1. The zero-order chi connectivity index (χ0) is 28.2. The summed E-state index contributed by atoms with van der Waals surface area (Å²) in [6, 6.07) is 4.77. The summed E-state index contributed by atoms with van der Waals surface area (Å²) in [7, 11) is 0. The van der Waals surface area contributed by atoms with E-state index in [9.17, 15) is 19.8 Å². The van der Waals surface area contributed by atoms with Crippen LogP contribution in [0.3, 0.4) is 0 Å². The molecule has 1 aliphatic heterocycles. The van der Waals surface area contributed by atoms with E-state index < -0.39 is 24.3 Å². The van der Waals surface area contributed by atoms with Gasteiger partial charge in [0, 0.05) is 30.6 Å². The van der Waals surface area contributed by atoms with Crippen molar-refractivity contribution in [2.75, 3.05) is 18.5 Å². The van der Waals surface area contributed by atoms with Crippen molar-refractivity contribution in [1.29, 1.82) is 0 Å². The predicted molar refractivity (Wildman–Crippen MR) is 147 cm³/mol. The summed E-state index contributed by atoms with van der Waals surface area (Å²) in [5.74, 6) is 0.216. The lowest BCUT2D eigenvalue weighted by atomic mass is 9.76. The Balaban J connectivity index is 1.18. The van der Waals surface area contributed by atoms with Crippen molar-refractivity contribution in [3.63, 3.8) is 0 Å². The second-order valence-corrected chi connectivity index (χ2v) is 11.5. The lowest BCUT2D eigenvalue weighted by molar-refractivity contribution is -0.216. The molecule has 218 valence electrons. The third kappa shape index (κ3) is 6.41. The Bertz CT molecular complexity index is 1200. The van der Waals surface area contributed by atoms with Gasteiger partial charge in [0.05, 0.1) is 11.7 Å². The van der Waals surface area contributed by atoms with Crippen LogP contribution >= 0.6 is 0 Å². The number of carbonyl (C=O) groups excluding carboxylic acids is 1. The van der Waals surface area contributed by atoms with Gasteiger partial charge in [-0.1, -0.05) is 6.07 Å². The van der Waals surface area contributed by atoms with Crippen molar-refractivity contribution in [3.05, 3.63) is 40.8 Å². The molecule has 2 aromatic rings. The third-order valence-corrected chi connectivity index (χ3v) is 8.53. The van der Waals surface area contributed by atoms with Gasteiger partial charge < -0.3 is 25.1 Å². The molecule has 2 saturated carbocycles. The fraction of sp³-hybridized carbons (Fsp3) is 0.655. The molecule has 2 aromatic heterocycles. The zero-order valence-corrected chi connectivity index (χ0v) is 23.4. The van der Waals surface area contributed by atoms with E-state index in [1.54, 1.807) is 0 Å². The van der Waals surface area contributed by atoms with Crippen LogP contribution in [0, 0.1) is 19.8 Å². The first-order chi connectivity index (χ1) is 19.3. The molecule has 3 atom stereocenters. The monoisotopic (exact) mass is 555 g/mol. The molecular weight excluding hydrogens is 514 g/mol. The summed E-state index contributed by atoms with van der Waals surface area (Å²) in [5.41, 5.74) is 4.22. The van der Waals surface area contributed by atoms with Gasteiger partial charge in [0.15, 0.2) is 0 Å². The van der Waals surface area contributed by atoms with Gasteiger partial charge in [0.25, 0.3) is 0 Å². The highest BCUT2D eigenvalue weighted by Crippen LogP contribution is 2.38. The number of aliphatic carboxylic acids is 1. The van der Waals surface area contributed by atoms with Crippen LogP contribution < -0.4 is 5.32 Å². The second-order valence-electron chi connectivity index (χ2n) is 11.5. The Morgan fingerprint density at radius 1 is 1.23 bits per heavy atom. The van der Waals surface area contributed by atoms with Gasteiger partial charge in [0.2, 0.25) is 0 Å². The highest BCUT2D eigenvalue weighted by Gasteiger charge is 2.43. The van der Waals surface area contributed by atoms with E-state index >= 15 is 0 Å². The van der Waals surface area contributed by atoms with Gasteiger partial charge in [-0.25, -0.2) is 9.78 Å². The predicted octanol–water partition coefficient (Wildman–Crippen LogP) is 3.96. The van der Waals surface area contributed by atoms with Crippen molar-refractivity contribution < 1.29 is 29.4 Å². The van der Waals surface area contributed by atoms with Crippen LogP contribution in [0.5, 0.6) is 0 Å². The molecule has 3 N–H and O–H groups in total. The van der Waals surface area contributed by atoms with Crippen LogP contribution in [0.15, 0.2) is 18.2 Å². The van der Waals surface area contributed by atoms with Crippen molar-refractivity contribution in [3.8, 4) is 0 Å². The van der Waals surface area contributed by atoms with Crippen molar-refractivity contribution in [2.24, 2.45) is 5.92 Å². The number of aromatic nitrogens is 3. The number of aliphatic hydroxyl groups is 1. The number of hydrogen-bond acceptors (Lipinski definition) is 9. The van der Waals surface area contributed by atoms with Gasteiger partial charge >= 0.3 is 12.1 Å². The summed E-state index contributed by atoms with van der Waals surface area (Å²) in [4.78, 5) is 35.4. The smallest absolute Gasteiger partial charge is 0.480 e. The molecule has 3 aliphatic rings. The SMILES string of the molecule is Cc1cc(C)n(C2CCCC2OC(=O)ON(C2CC(CCc3ccc4c(n3)NCCC4)C2)[C@@H](CCO)C(=O)O)n1. The van der Waals surface area contributed by atoms with Gasteiger partial charge in [-0.2, -0.15) is 5.10 Å². The minimum Gasteiger partial charge on any atom is -0.480 e. The fourth-order valence-electron chi connectivity index (χ4n) is 6.42. The number of ether oxygens (including phenoxy) is 1. The van der Waals surface area contributed by atoms with E-state index in [-0.39, 0.29) is 25.1 Å². The average Bonchev–Trinajstić information content (AvgIpc) is 3.49. The van der Waals surface area contributed by atoms with Crippen LogP contribution in [0.4, 0.5) is 10.6 Å². The van der Waals surface area contributed by atoms with Gasteiger partial charge in [0.1, 0.15) is 18.0 Å². The number of rotatable bonds is 11. The van der Waals surface area contributed by atoms with E-state index in [1.807, 2.05) is 24.6 Å². The van der Waals surface area contributed by atoms with E-state index in [4.69, 9.17) is 14.6 Å². The maximum absolute atomic E-state index is 13.0. The quantitative estimate of drug-likeness (QED) is 0.276. The largest absolute Gasteiger partial charge is 0.528 e. The highest BCUT2D eigenvalue weighted by molar-refractivity contribution is 5.73. The summed E-state index contributed by atoms with van der Waals surface area (Å²) < 4.78 is 7.65. The first-order valence-electron chi connectivity index (χ1n) is 14.6. The maximum atomic E-state index is 13.0. The average molecular weight is 556 g/mol. The molecular formula is C29H41N5O6. The molecule has 0 bridgehead atoms. The van der Waals surface area contributed by atoms with Gasteiger partial charge in [-0.05, 0) is 102 Å². The lowest BCUT2D eigenvalue weighted by Gasteiger charge is -2.43. The van der Waals surface area contributed by atoms with Crippen LogP contribution in [0.1, 0.15) is 80.1 Å². The number of anilines is 1. The molecule has 5 rings (SSSR count). The highest BCUT2D eigenvalue weighted by atomic mass is 16.8. The van der Waals surface area contributed by atoms with Crippen LogP contribution in [0.25, 0.3) is 0 Å². The number of aliphatic hydroxyl groups excluding tert-OH is 1. The van der Waals surface area contributed by atoms with Crippen LogP contribution in [0.2, 0.25) is 0 Å². The number of fused-ring (bicyclic) bond motifs is 1. The number of carboxylic acids is 1. The minimum atomic E-state index is -1.15. The van der Waals surface area contributed by atoms with E-state index in [2.05, 4.69) is 22.5 Å². The summed E-state index contributed by atoms with van der Waals surface area (Å²) in [6.07, 6.45) is 6.41. The van der Waals surface area contributed by atoms with Crippen LogP contribution in [-0.2, 0) is 27.2 Å². The molecule has 0 aromatic carbocycles. The molecule has 0 radical (unpaired) electrons. The molecule has 2 aliphatic carbocycles. The standard InChI is InChI=1S/C29H41N5O6/c1-18-15-19(2)33(32-18)24-6-3-7-26(24)39-29(38)40-34(25(12-14-35)28(36)37)23-16-20(17-23)8-10-22-11-9-21-5-4-13-30-27(21)31-22/h9,11,15,20,23-26,35H,3-8,10,12-14,16-17H2,1-2H3,(H,30,31)(H,36,37)/t20?,23?,24?,25-,26?/m0/s1. The number of hydrogen-bond donors (Lipinski definition) is 3. The first kappa shape index (κ1) is 28.4. The van der Waals surface area contributed by atoms with E-state index in [0.29, 0.717) is 25.2 Å². The van der Waals surface area contributed by atoms with Gasteiger partial charge in [-0.15, -0.1) is 5.06 Å². The Hall–Kier alpha value is -3.18. The van der Waals surface area contributed by atoms with E-state index in [0.717, 1.165) is 68.0 Å². The molecule has 0 amide bonds. The van der Waals surface area contributed by atoms with Crippen molar-refractivity contribution in [1.82, 2.24) is 19.8 Å². The van der Waals surface area contributed by atoms with Crippen molar-refractivity contribution >= 4 is 17.9 Å². The number of hydroxylamine groups is 2. The summed E-state index contributed by atoms with van der Waals surface area (Å²) in [6.45, 7) is 4.53. The Morgan fingerprint density at radius 3 is 2.77 bits per heavy atom. The molecule has 0 spiro atoms. The first-order valence-corrected chi connectivity index (χ1v) is 14.6. The summed E-state index contributed by atoms with van der Waals surface area (Å²) in [5, 5.41) is 28.6. The lowest BCUT2D eigenvalue weighted by Crippen LogP contribution is -2.53. The van der Waals surface area contributed by atoms with E-state index in [1.165, 1.54) is 10.6 Å². The Morgan fingerprint density at radius 2 is 2.05 bits per heavy atom. The molecule has 11 nitrogen and oxygen atoms in total. The van der Waals surface area contributed by atoms with Crippen LogP contribution in [-0.4, -0.2) is 73.5 Å². The number of nitrogens with zero attached hydrogens (tertiary/aromatic N) is 4. The molecule has 2 unspecified atom stereocenters. The number of pyridine rings is 1.